The van der Waals surface area contributed by atoms with E-state index in [4.69, 9.17) is 5.11 Å². The van der Waals surface area contributed by atoms with Gasteiger partial charge in [0.1, 0.15) is 5.69 Å². The van der Waals surface area contributed by atoms with Crippen LogP contribution < -0.4 is 0 Å². The molecule has 0 atom stereocenters. The van der Waals surface area contributed by atoms with Crippen LogP contribution in [0.4, 0.5) is 0 Å². The van der Waals surface area contributed by atoms with Crippen LogP contribution in [0.5, 0.6) is 0 Å². The number of ketones is 1. The molecular weight excluding hydrogens is 206 g/mol. The van der Waals surface area contributed by atoms with Gasteiger partial charge in [-0.15, -0.1) is 0 Å². The fourth-order valence-electron chi connectivity index (χ4n) is 1.36. The van der Waals surface area contributed by atoms with Crippen molar-refractivity contribution in [2.75, 3.05) is 19.7 Å². The number of aliphatic hydroxyl groups excluding tert-OH is 1. The Bertz CT molecular complexity index is 327. The van der Waals surface area contributed by atoms with Gasteiger partial charge in [-0.05, 0) is 13.8 Å². The third-order valence-corrected chi connectivity index (χ3v) is 2.31. The van der Waals surface area contributed by atoms with Crippen LogP contribution in [-0.2, 0) is 0 Å². The van der Waals surface area contributed by atoms with Gasteiger partial charge in [0.15, 0.2) is 5.78 Å². The van der Waals surface area contributed by atoms with Crippen molar-refractivity contribution in [1.29, 1.82) is 0 Å². The fourth-order valence-corrected chi connectivity index (χ4v) is 1.36. The molecule has 1 aromatic heterocycles. The molecule has 88 valence electrons. The largest absolute Gasteiger partial charge is 0.395 e. The molecule has 0 aliphatic carbocycles. The molecule has 1 N–H and O–H groups in total. The highest BCUT2D eigenvalue weighted by atomic mass is 16.3. The van der Waals surface area contributed by atoms with Crippen molar-refractivity contribution in [1.82, 2.24) is 14.9 Å². The Morgan fingerprint density at radius 2 is 2.25 bits per heavy atom. The molecule has 0 spiro atoms. The molecular formula is C11H17N3O2. The molecule has 0 unspecified atom stereocenters. The monoisotopic (exact) mass is 223 g/mol. The standard InChI is InChI=1S/C11H17N3O2/c1-9(2)14(5-6-15)8-11(16)10-7-12-3-4-13-10/h3-4,7,9,15H,5-6,8H2,1-2H3. The highest BCUT2D eigenvalue weighted by molar-refractivity contribution is 5.95. The second-order valence-corrected chi connectivity index (χ2v) is 3.80. The maximum Gasteiger partial charge on any atom is 0.196 e. The molecule has 0 aliphatic rings. The lowest BCUT2D eigenvalue weighted by Gasteiger charge is -2.24. The van der Waals surface area contributed by atoms with Crippen molar-refractivity contribution < 1.29 is 9.90 Å². The molecule has 0 amide bonds. The first-order chi connectivity index (χ1) is 7.65. The van der Waals surface area contributed by atoms with Gasteiger partial charge in [0, 0.05) is 25.0 Å². The van der Waals surface area contributed by atoms with E-state index in [1.807, 2.05) is 18.7 Å². The van der Waals surface area contributed by atoms with Crippen molar-refractivity contribution in [3.05, 3.63) is 24.3 Å². The summed E-state index contributed by atoms with van der Waals surface area (Å²) in [6, 6.07) is 0.216. The summed E-state index contributed by atoms with van der Waals surface area (Å²) in [6.07, 6.45) is 4.49. The Morgan fingerprint density at radius 3 is 2.75 bits per heavy atom. The number of hydrogen-bond acceptors (Lipinski definition) is 5. The van der Waals surface area contributed by atoms with Crippen LogP contribution in [0.3, 0.4) is 0 Å². The molecule has 1 heterocycles. The molecule has 5 nitrogen and oxygen atoms in total. The van der Waals surface area contributed by atoms with Crippen molar-refractivity contribution in [3.8, 4) is 0 Å². The minimum absolute atomic E-state index is 0.0475. The van der Waals surface area contributed by atoms with Gasteiger partial charge in [0.05, 0.1) is 19.3 Å². The number of nitrogens with zero attached hydrogens (tertiary/aromatic N) is 3. The number of hydrogen-bond donors (Lipinski definition) is 1. The Hall–Kier alpha value is -1.33. The Balaban J connectivity index is 2.62. The lowest BCUT2D eigenvalue weighted by Crippen LogP contribution is -2.38. The summed E-state index contributed by atoms with van der Waals surface area (Å²) < 4.78 is 0. The SMILES string of the molecule is CC(C)N(CCO)CC(=O)c1cnccn1. The summed E-state index contributed by atoms with van der Waals surface area (Å²) >= 11 is 0. The molecule has 0 saturated heterocycles. The Morgan fingerprint density at radius 1 is 1.50 bits per heavy atom. The second-order valence-electron chi connectivity index (χ2n) is 3.80. The van der Waals surface area contributed by atoms with Gasteiger partial charge in [-0.1, -0.05) is 0 Å². The first-order valence-electron chi connectivity index (χ1n) is 5.29. The van der Waals surface area contributed by atoms with E-state index < -0.39 is 0 Å². The van der Waals surface area contributed by atoms with Gasteiger partial charge in [-0.2, -0.15) is 0 Å². The first kappa shape index (κ1) is 12.7. The molecule has 0 aromatic carbocycles. The second kappa shape index (κ2) is 6.30. The number of rotatable bonds is 6. The molecule has 16 heavy (non-hydrogen) atoms. The third kappa shape index (κ3) is 3.67. The number of aromatic nitrogens is 2. The van der Waals surface area contributed by atoms with Crippen LogP contribution in [-0.4, -0.2) is 51.5 Å². The molecule has 5 heteroatoms. The molecule has 0 radical (unpaired) electrons. The summed E-state index contributed by atoms with van der Waals surface area (Å²) in [5, 5.41) is 8.89. The Kier molecular flexibility index (Phi) is 5.01. The van der Waals surface area contributed by atoms with Crippen molar-refractivity contribution in [2.45, 2.75) is 19.9 Å². The van der Waals surface area contributed by atoms with E-state index in [0.29, 0.717) is 12.2 Å². The third-order valence-electron chi connectivity index (χ3n) is 2.31. The summed E-state index contributed by atoms with van der Waals surface area (Å²) in [7, 11) is 0. The zero-order valence-electron chi connectivity index (χ0n) is 9.63. The highest BCUT2D eigenvalue weighted by Gasteiger charge is 2.15. The van der Waals surface area contributed by atoms with Crippen LogP contribution in [0.25, 0.3) is 0 Å². The van der Waals surface area contributed by atoms with Crippen molar-refractivity contribution in [2.24, 2.45) is 0 Å². The van der Waals surface area contributed by atoms with Crippen LogP contribution in [0.1, 0.15) is 24.3 Å². The van der Waals surface area contributed by atoms with Gasteiger partial charge in [-0.25, -0.2) is 4.98 Å². The van der Waals surface area contributed by atoms with E-state index >= 15 is 0 Å². The number of carbonyl (C=O) groups excluding carboxylic acids is 1. The average Bonchev–Trinajstić information content (AvgIpc) is 2.29. The van der Waals surface area contributed by atoms with E-state index in [0.717, 1.165) is 0 Å². The molecule has 0 bridgehead atoms. The summed E-state index contributed by atoms with van der Waals surface area (Å²) in [6.45, 7) is 4.77. The zero-order valence-corrected chi connectivity index (χ0v) is 9.63. The zero-order chi connectivity index (χ0) is 12.0. The van der Waals surface area contributed by atoms with E-state index in [-0.39, 0.29) is 25.0 Å². The maximum absolute atomic E-state index is 11.8. The van der Waals surface area contributed by atoms with Crippen LogP contribution in [0, 0.1) is 0 Å². The lowest BCUT2D eigenvalue weighted by molar-refractivity contribution is 0.0876. The van der Waals surface area contributed by atoms with E-state index in [2.05, 4.69) is 9.97 Å². The van der Waals surface area contributed by atoms with Crippen LogP contribution in [0.15, 0.2) is 18.6 Å². The van der Waals surface area contributed by atoms with E-state index in [1.165, 1.54) is 18.6 Å². The minimum atomic E-state index is -0.0738. The van der Waals surface area contributed by atoms with E-state index in [9.17, 15) is 4.79 Å². The normalized spacial score (nSPS) is 11.1. The summed E-state index contributed by atoms with van der Waals surface area (Å²) in [5.41, 5.74) is 0.367. The quantitative estimate of drug-likeness (QED) is 0.705. The predicted molar refractivity (Wildman–Crippen MR) is 60.2 cm³/mol. The fraction of sp³-hybridized carbons (Fsp3) is 0.545. The van der Waals surface area contributed by atoms with Gasteiger partial charge >= 0.3 is 0 Å². The maximum atomic E-state index is 11.8. The van der Waals surface area contributed by atoms with Gasteiger partial charge in [-0.3, -0.25) is 14.7 Å². The highest BCUT2D eigenvalue weighted by Crippen LogP contribution is 2.01. The average molecular weight is 223 g/mol. The lowest BCUT2D eigenvalue weighted by atomic mass is 10.2. The van der Waals surface area contributed by atoms with Crippen LogP contribution >= 0.6 is 0 Å². The first-order valence-corrected chi connectivity index (χ1v) is 5.29. The molecule has 0 saturated carbocycles. The number of carbonyl (C=O) groups is 1. The van der Waals surface area contributed by atoms with Crippen molar-refractivity contribution in [3.63, 3.8) is 0 Å². The molecule has 1 aromatic rings. The van der Waals surface area contributed by atoms with Gasteiger partial charge in [0.25, 0.3) is 0 Å². The van der Waals surface area contributed by atoms with Crippen molar-refractivity contribution >= 4 is 5.78 Å². The molecule has 1 rings (SSSR count). The number of aliphatic hydroxyl groups is 1. The van der Waals surface area contributed by atoms with E-state index in [1.54, 1.807) is 0 Å². The summed E-state index contributed by atoms with van der Waals surface area (Å²) in [5.74, 6) is -0.0738. The van der Waals surface area contributed by atoms with Gasteiger partial charge in [0.2, 0.25) is 0 Å². The van der Waals surface area contributed by atoms with Gasteiger partial charge < -0.3 is 5.11 Å². The predicted octanol–water partition coefficient (Wildman–Crippen LogP) is 0.362. The summed E-state index contributed by atoms with van der Waals surface area (Å²) in [4.78, 5) is 21.5. The smallest absolute Gasteiger partial charge is 0.196 e. The Labute approximate surface area is 95.1 Å². The molecule has 0 aliphatic heterocycles. The topological polar surface area (TPSA) is 66.3 Å². The number of Topliss-reactive ketones (excluding diaryl/α,β-unsaturated/α-hetero) is 1. The van der Waals surface area contributed by atoms with Crippen LogP contribution in [0.2, 0.25) is 0 Å². The minimum Gasteiger partial charge on any atom is -0.395 e. The molecule has 0 fully saturated rings.